The number of cyclic esters (lactones) is 1. The van der Waals surface area contributed by atoms with Crippen LogP contribution >= 0.6 is 0 Å². The second-order valence-electron chi connectivity index (χ2n) is 9.93. The Bertz CT molecular complexity index is 1350. The van der Waals surface area contributed by atoms with Gasteiger partial charge in [0.1, 0.15) is 5.75 Å². The van der Waals surface area contributed by atoms with E-state index in [9.17, 15) is 35.4 Å². The van der Waals surface area contributed by atoms with E-state index < -0.39 is 31.2 Å². The Morgan fingerprint density at radius 3 is 2.27 bits per heavy atom. The Hall–Kier alpha value is -3.99. The summed E-state index contributed by atoms with van der Waals surface area (Å²) in [6, 6.07) is 12.5. The maximum absolute atomic E-state index is 12.7. The first-order valence-electron chi connectivity index (χ1n) is 12.8. The van der Waals surface area contributed by atoms with Crippen LogP contribution in [0.25, 0.3) is 0 Å². The predicted molar refractivity (Wildman–Crippen MR) is 143 cm³/mol. The standard InChI is InChI=1S/C30H34O10/c1-38-26-10-16(3-5-25(26)34)8-21-20(15-40-30(21)37)7-17-9-22(29(36)27(11-17)39-2)23(14-32)28(35)18-4-6-24(33)19(12-18)13-31/h3-6,9-12,20-21,23,28,31-36H,7-8,13-15H2,1-2H3/t20-,21+,23-,28+/m0/s1. The maximum Gasteiger partial charge on any atom is 0.309 e. The smallest absolute Gasteiger partial charge is 0.309 e. The Kier molecular flexibility index (Phi) is 9.03. The number of aliphatic hydroxyl groups is 3. The lowest BCUT2D eigenvalue weighted by atomic mass is 9.83. The number of rotatable bonds is 11. The molecule has 4 atom stereocenters. The van der Waals surface area contributed by atoms with Crippen LogP contribution in [0.5, 0.6) is 28.7 Å². The number of carbonyl (C=O) groups excluding carboxylic acids is 1. The molecule has 1 fully saturated rings. The number of aromatic hydroxyl groups is 3. The van der Waals surface area contributed by atoms with E-state index in [4.69, 9.17) is 14.2 Å². The van der Waals surface area contributed by atoms with Crippen molar-refractivity contribution >= 4 is 5.97 Å². The van der Waals surface area contributed by atoms with E-state index in [1.165, 1.54) is 38.5 Å². The van der Waals surface area contributed by atoms with Crippen LogP contribution in [0.15, 0.2) is 48.5 Å². The highest BCUT2D eigenvalue weighted by atomic mass is 16.5. The highest BCUT2D eigenvalue weighted by molar-refractivity contribution is 5.75. The largest absolute Gasteiger partial charge is 0.508 e. The van der Waals surface area contributed by atoms with E-state index in [1.807, 2.05) is 0 Å². The van der Waals surface area contributed by atoms with Crippen molar-refractivity contribution in [3.8, 4) is 28.7 Å². The minimum atomic E-state index is -1.28. The fourth-order valence-corrected chi connectivity index (χ4v) is 5.22. The van der Waals surface area contributed by atoms with Gasteiger partial charge < -0.3 is 44.8 Å². The molecule has 6 N–H and O–H groups in total. The van der Waals surface area contributed by atoms with Crippen molar-refractivity contribution < 1.29 is 49.6 Å². The number of methoxy groups -OCH3 is 2. The number of hydrogen-bond acceptors (Lipinski definition) is 10. The number of ether oxygens (including phenoxy) is 3. The first kappa shape index (κ1) is 29.0. The van der Waals surface area contributed by atoms with Gasteiger partial charge in [-0.2, -0.15) is 0 Å². The van der Waals surface area contributed by atoms with Gasteiger partial charge in [0.15, 0.2) is 23.0 Å². The molecule has 0 aromatic heterocycles. The fraction of sp³-hybridized carbons (Fsp3) is 0.367. The van der Waals surface area contributed by atoms with Crippen LogP contribution in [0, 0.1) is 11.8 Å². The summed E-state index contributed by atoms with van der Waals surface area (Å²) in [4.78, 5) is 12.7. The highest BCUT2D eigenvalue weighted by Crippen LogP contribution is 2.43. The fourth-order valence-electron chi connectivity index (χ4n) is 5.22. The molecule has 40 heavy (non-hydrogen) atoms. The monoisotopic (exact) mass is 554 g/mol. The van der Waals surface area contributed by atoms with Gasteiger partial charge in [0.05, 0.1) is 46.1 Å². The van der Waals surface area contributed by atoms with Gasteiger partial charge in [0, 0.05) is 23.0 Å². The predicted octanol–water partition coefficient (Wildman–Crippen LogP) is 2.70. The molecule has 1 aliphatic heterocycles. The van der Waals surface area contributed by atoms with Crippen molar-refractivity contribution in [3.63, 3.8) is 0 Å². The zero-order chi connectivity index (χ0) is 29.0. The van der Waals surface area contributed by atoms with Crippen LogP contribution in [-0.4, -0.2) is 64.0 Å². The third kappa shape index (κ3) is 5.94. The Morgan fingerprint density at radius 1 is 0.900 bits per heavy atom. The molecular weight excluding hydrogens is 520 g/mol. The minimum absolute atomic E-state index is 0.000954. The van der Waals surface area contributed by atoms with Gasteiger partial charge in [0.25, 0.3) is 0 Å². The molecule has 0 unspecified atom stereocenters. The number of carbonyl (C=O) groups is 1. The summed E-state index contributed by atoms with van der Waals surface area (Å²) in [5, 5.41) is 61.6. The van der Waals surface area contributed by atoms with E-state index in [-0.39, 0.29) is 52.6 Å². The van der Waals surface area contributed by atoms with Gasteiger partial charge in [-0.3, -0.25) is 4.79 Å². The summed E-state index contributed by atoms with van der Waals surface area (Å²) in [6.45, 7) is -0.765. The van der Waals surface area contributed by atoms with Crippen LogP contribution in [-0.2, 0) is 29.0 Å². The minimum Gasteiger partial charge on any atom is -0.508 e. The third-order valence-electron chi connectivity index (χ3n) is 7.49. The molecule has 3 aromatic carbocycles. The molecular formula is C30H34O10. The average Bonchev–Trinajstić information content (AvgIpc) is 3.29. The Balaban J connectivity index is 1.63. The Labute approximate surface area is 231 Å². The van der Waals surface area contributed by atoms with Crippen molar-refractivity contribution in [3.05, 3.63) is 76.3 Å². The second kappa shape index (κ2) is 12.5. The number of benzene rings is 3. The molecule has 0 spiro atoms. The highest BCUT2D eigenvalue weighted by Gasteiger charge is 2.37. The molecule has 10 heteroatoms. The van der Waals surface area contributed by atoms with E-state index >= 15 is 0 Å². The van der Waals surface area contributed by atoms with Crippen LogP contribution in [0.1, 0.15) is 39.8 Å². The number of phenols is 3. The van der Waals surface area contributed by atoms with Gasteiger partial charge >= 0.3 is 5.97 Å². The van der Waals surface area contributed by atoms with Crippen molar-refractivity contribution in [2.75, 3.05) is 27.4 Å². The van der Waals surface area contributed by atoms with Crippen molar-refractivity contribution in [2.45, 2.75) is 31.5 Å². The second-order valence-corrected chi connectivity index (χ2v) is 9.93. The lowest BCUT2D eigenvalue weighted by Crippen LogP contribution is -2.21. The molecule has 0 radical (unpaired) electrons. The molecule has 1 aliphatic rings. The quantitative estimate of drug-likeness (QED) is 0.194. The van der Waals surface area contributed by atoms with Crippen molar-refractivity contribution in [1.29, 1.82) is 0 Å². The molecule has 10 nitrogen and oxygen atoms in total. The molecule has 0 aliphatic carbocycles. The number of aliphatic hydroxyl groups excluding tert-OH is 3. The first-order chi connectivity index (χ1) is 19.2. The number of phenolic OH excluding ortho intramolecular Hbond substituents is 2. The third-order valence-corrected chi connectivity index (χ3v) is 7.49. The average molecular weight is 555 g/mol. The lowest BCUT2D eigenvalue weighted by Gasteiger charge is -2.25. The molecule has 214 valence electrons. The van der Waals surface area contributed by atoms with Crippen molar-refractivity contribution in [2.24, 2.45) is 11.8 Å². The summed E-state index contributed by atoms with van der Waals surface area (Å²) < 4.78 is 16.0. The summed E-state index contributed by atoms with van der Waals surface area (Å²) in [7, 11) is 2.84. The van der Waals surface area contributed by atoms with Crippen molar-refractivity contribution in [1.82, 2.24) is 0 Å². The van der Waals surface area contributed by atoms with Gasteiger partial charge in [-0.05, 0) is 59.9 Å². The zero-order valence-corrected chi connectivity index (χ0v) is 22.3. The normalized spacial score (nSPS) is 18.3. The topological polar surface area (TPSA) is 166 Å². The van der Waals surface area contributed by atoms with E-state index in [0.717, 1.165) is 5.56 Å². The summed E-state index contributed by atoms with van der Waals surface area (Å²) in [6.07, 6.45) is -0.526. The van der Waals surface area contributed by atoms with E-state index in [0.29, 0.717) is 29.7 Å². The van der Waals surface area contributed by atoms with Crippen LogP contribution < -0.4 is 9.47 Å². The van der Waals surface area contributed by atoms with Gasteiger partial charge in [-0.25, -0.2) is 0 Å². The SMILES string of the molecule is COc1cc(C[C@H]2C(=O)OC[C@@H]2Cc2cc(OC)c(O)c([C@H](CO)[C@H](O)c3ccc(O)c(CO)c3)c2)ccc1O. The first-order valence-corrected chi connectivity index (χ1v) is 12.8. The number of esters is 1. The van der Waals surface area contributed by atoms with E-state index in [2.05, 4.69) is 0 Å². The molecule has 0 bridgehead atoms. The summed E-state index contributed by atoms with van der Waals surface area (Å²) in [5.41, 5.74) is 2.30. The summed E-state index contributed by atoms with van der Waals surface area (Å²) >= 11 is 0. The molecule has 0 amide bonds. The molecule has 0 saturated carbocycles. The Morgan fingerprint density at radius 2 is 1.60 bits per heavy atom. The van der Waals surface area contributed by atoms with Crippen LogP contribution in [0.3, 0.4) is 0 Å². The van der Waals surface area contributed by atoms with Crippen LogP contribution in [0.2, 0.25) is 0 Å². The van der Waals surface area contributed by atoms with Gasteiger partial charge in [-0.1, -0.05) is 18.2 Å². The van der Waals surface area contributed by atoms with Gasteiger partial charge in [0.2, 0.25) is 0 Å². The molecule has 1 saturated heterocycles. The zero-order valence-electron chi connectivity index (χ0n) is 22.3. The van der Waals surface area contributed by atoms with E-state index in [1.54, 1.807) is 24.3 Å². The number of hydrogen-bond donors (Lipinski definition) is 6. The maximum atomic E-state index is 12.7. The molecule has 4 rings (SSSR count). The molecule has 3 aromatic rings. The summed E-state index contributed by atoms with van der Waals surface area (Å²) in [5.74, 6) is -1.89. The lowest BCUT2D eigenvalue weighted by molar-refractivity contribution is -0.141. The van der Waals surface area contributed by atoms with Crippen LogP contribution in [0.4, 0.5) is 0 Å². The van der Waals surface area contributed by atoms with Gasteiger partial charge in [-0.15, -0.1) is 0 Å². The molecule has 1 heterocycles.